The largest absolute Gasteiger partial charge is 0.370 e. The number of amides is 2. The second kappa shape index (κ2) is 7.11. The van der Waals surface area contributed by atoms with Crippen LogP contribution < -0.4 is 5.32 Å². The molecule has 5 nitrogen and oxygen atoms in total. The van der Waals surface area contributed by atoms with E-state index in [1.165, 1.54) is 19.4 Å². The number of hydrogen-bond acceptors (Lipinski definition) is 3. The molecule has 24 heavy (non-hydrogen) atoms. The number of urea groups is 1. The van der Waals surface area contributed by atoms with Crippen molar-refractivity contribution in [3.63, 3.8) is 0 Å². The van der Waals surface area contributed by atoms with Crippen molar-refractivity contribution in [2.24, 2.45) is 5.92 Å². The van der Waals surface area contributed by atoms with Crippen molar-refractivity contribution >= 4 is 6.03 Å². The minimum absolute atomic E-state index is 0.0133. The van der Waals surface area contributed by atoms with E-state index in [9.17, 15) is 4.79 Å². The van der Waals surface area contributed by atoms with E-state index in [0.29, 0.717) is 25.7 Å². The highest BCUT2D eigenvalue weighted by Gasteiger charge is 2.31. The van der Waals surface area contributed by atoms with Gasteiger partial charge in [0.15, 0.2) is 0 Å². The summed E-state index contributed by atoms with van der Waals surface area (Å²) in [6, 6.07) is 10.5. The highest BCUT2D eigenvalue weighted by atomic mass is 16.5. The molecule has 2 amide bonds. The van der Waals surface area contributed by atoms with E-state index in [1.807, 2.05) is 23.1 Å². The third kappa shape index (κ3) is 3.90. The zero-order valence-corrected chi connectivity index (χ0v) is 14.2. The van der Waals surface area contributed by atoms with Crippen molar-refractivity contribution in [1.29, 1.82) is 0 Å². The Bertz CT molecular complexity index is 561. The quantitative estimate of drug-likeness (QED) is 0.921. The smallest absolute Gasteiger partial charge is 0.317 e. The number of likely N-dealkylation sites (tertiary alicyclic amines) is 1. The summed E-state index contributed by atoms with van der Waals surface area (Å²) < 4.78 is 5.85. The molecule has 0 spiro atoms. The molecule has 1 saturated carbocycles. The van der Waals surface area contributed by atoms with Crippen molar-refractivity contribution in [3.8, 4) is 0 Å². The highest BCUT2D eigenvalue weighted by molar-refractivity contribution is 5.74. The second-order valence-electron chi connectivity index (χ2n) is 7.35. The molecule has 1 aromatic carbocycles. The van der Waals surface area contributed by atoms with Crippen molar-refractivity contribution in [1.82, 2.24) is 15.1 Å². The Morgan fingerprint density at radius 1 is 1.12 bits per heavy atom. The van der Waals surface area contributed by atoms with Gasteiger partial charge in [0.25, 0.3) is 0 Å². The molecule has 2 heterocycles. The number of morpholine rings is 1. The minimum Gasteiger partial charge on any atom is -0.370 e. The molecule has 5 heteroatoms. The number of carbonyl (C=O) groups excluding carboxylic acids is 1. The first kappa shape index (κ1) is 15.9. The third-order valence-electron chi connectivity index (χ3n) is 5.34. The van der Waals surface area contributed by atoms with Gasteiger partial charge in [-0.15, -0.1) is 0 Å². The van der Waals surface area contributed by atoms with Crippen LogP contribution in [0, 0.1) is 5.92 Å². The van der Waals surface area contributed by atoms with Gasteiger partial charge in [-0.3, -0.25) is 0 Å². The van der Waals surface area contributed by atoms with Crippen molar-refractivity contribution in [3.05, 3.63) is 35.9 Å². The van der Waals surface area contributed by atoms with Gasteiger partial charge in [0.05, 0.1) is 13.2 Å². The normalized spacial score (nSPS) is 28.1. The number of benzene rings is 1. The van der Waals surface area contributed by atoms with Crippen LogP contribution in [-0.4, -0.2) is 61.2 Å². The fraction of sp³-hybridized carbons (Fsp3) is 0.632. The summed E-state index contributed by atoms with van der Waals surface area (Å²) in [4.78, 5) is 17.0. The average Bonchev–Trinajstić information content (AvgIpc) is 3.34. The molecular weight excluding hydrogens is 302 g/mol. The predicted octanol–water partition coefficient (Wildman–Crippen LogP) is 2.25. The Balaban J connectivity index is 1.28. The predicted molar refractivity (Wildman–Crippen MR) is 92.8 cm³/mol. The van der Waals surface area contributed by atoms with Crippen LogP contribution in [0.2, 0.25) is 0 Å². The van der Waals surface area contributed by atoms with Crippen LogP contribution in [0.3, 0.4) is 0 Å². The van der Waals surface area contributed by atoms with E-state index < -0.39 is 0 Å². The number of nitrogens with one attached hydrogen (secondary N) is 1. The lowest BCUT2D eigenvalue weighted by Gasteiger charge is -2.34. The Labute approximate surface area is 144 Å². The van der Waals surface area contributed by atoms with E-state index in [-0.39, 0.29) is 12.1 Å². The standard InChI is InChI=1S/C19H27N3O2/c23-19(20-17-8-9-21(13-17)12-15-6-7-15)22-10-11-24-18(14-22)16-4-2-1-3-5-16/h1-5,15,17-18H,6-14H2,(H,20,23)/t17-,18+/m0/s1. The van der Waals surface area contributed by atoms with Crippen LogP contribution in [0.1, 0.15) is 30.9 Å². The first-order chi connectivity index (χ1) is 11.8. The molecule has 4 rings (SSSR count). The van der Waals surface area contributed by atoms with Gasteiger partial charge < -0.3 is 19.9 Å². The van der Waals surface area contributed by atoms with Gasteiger partial charge in [0, 0.05) is 32.2 Å². The van der Waals surface area contributed by atoms with Gasteiger partial charge in [-0.25, -0.2) is 4.79 Å². The molecule has 2 aliphatic heterocycles. The van der Waals surface area contributed by atoms with Gasteiger partial charge in [0.1, 0.15) is 6.10 Å². The number of ether oxygens (including phenoxy) is 1. The Morgan fingerprint density at radius 2 is 1.96 bits per heavy atom. The third-order valence-corrected chi connectivity index (χ3v) is 5.34. The molecule has 1 aromatic rings. The maximum atomic E-state index is 12.6. The summed E-state index contributed by atoms with van der Waals surface area (Å²) in [5.74, 6) is 0.922. The van der Waals surface area contributed by atoms with E-state index in [2.05, 4.69) is 22.3 Å². The van der Waals surface area contributed by atoms with Crippen molar-refractivity contribution in [2.75, 3.05) is 39.3 Å². The number of rotatable bonds is 4. The molecule has 130 valence electrons. The van der Waals surface area contributed by atoms with Crippen LogP contribution in [0.5, 0.6) is 0 Å². The summed E-state index contributed by atoms with van der Waals surface area (Å²) in [5.41, 5.74) is 1.14. The van der Waals surface area contributed by atoms with Crippen LogP contribution in [0.4, 0.5) is 4.79 Å². The van der Waals surface area contributed by atoms with E-state index in [1.54, 1.807) is 0 Å². The SMILES string of the molecule is O=C(N[C@H]1CCN(CC2CC2)C1)N1CCO[C@@H](c2ccccc2)C1. The summed E-state index contributed by atoms with van der Waals surface area (Å²) >= 11 is 0. The monoisotopic (exact) mass is 329 g/mol. The van der Waals surface area contributed by atoms with Crippen molar-refractivity contribution < 1.29 is 9.53 Å². The number of hydrogen-bond donors (Lipinski definition) is 1. The van der Waals surface area contributed by atoms with Gasteiger partial charge >= 0.3 is 6.03 Å². The fourth-order valence-electron chi connectivity index (χ4n) is 3.75. The van der Waals surface area contributed by atoms with Crippen LogP contribution in [-0.2, 0) is 4.74 Å². The summed E-state index contributed by atoms with van der Waals surface area (Å²) in [5, 5.41) is 3.23. The maximum Gasteiger partial charge on any atom is 0.317 e. The number of nitrogens with zero attached hydrogens (tertiary/aromatic N) is 2. The molecule has 3 aliphatic rings. The summed E-state index contributed by atoms with van der Waals surface area (Å²) in [6.45, 7) is 5.26. The van der Waals surface area contributed by atoms with Crippen LogP contribution in [0.15, 0.2) is 30.3 Å². The Hall–Kier alpha value is -1.59. The maximum absolute atomic E-state index is 12.6. The summed E-state index contributed by atoms with van der Waals surface area (Å²) in [7, 11) is 0. The first-order valence-corrected chi connectivity index (χ1v) is 9.22. The van der Waals surface area contributed by atoms with E-state index in [4.69, 9.17) is 4.74 Å². The molecule has 0 radical (unpaired) electrons. The second-order valence-corrected chi connectivity index (χ2v) is 7.35. The molecule has 1 N–H and O–H groups in total. The zero-order valence-electron chi connectivity index (χ0n) is 14.2. The highest BCUT2D eigenvalue weighted by Crippen LogP contribution is 2.30. The molecule has 0 bridgehead atoms. The van der Waals surface area contributed by atoms with Crippen LogP contribution >= 0.6 is 0 Å². The zero-order chi connectivity index (χ0) is 16.4. The lowest BCUT2D eigenvalue weighted by molar-refractivity contribution is -0.0157. The average molecular weight is 329 g/mol. The van der Waals surface area contributed by atoms with Gasteiger partial charge in [0.2, 0.25) is 0 Å². The lowest BCUT2D eigenvalue weighted by Crippen LogP contribution is -2.50. The lowest BCUT2D eigenvalue weighted by atomic mass is 10.1. The fourth-order valence-corrected chi connectivity index (χ4v) is 3.75. The Morgan fingerprint density at radius 3 is 2.75 bits per heavy atom. The van der Waals surface area contributed by atoms with Crippen LogP contribution in [0.25, 0.3) is 0 Å². The molecule has 2 saturated heterocycles. The molecule has 0 aromatic heterocycles. The van der Waals surface area contributed by atoms with Gasteiger partial charge in [-0.2, -0.15) is 0 Å². The molecule has 0 unspecified atom stereocenters. The molecule has 2 atom stereocenters. The topological polar surface area (TPSA) is 44.8 Å². The Kier molecular flexibility index (Phi) is 4.72. The first-order valence-electron chi connectivity index (χ1n) is 9.22. The molecular formula is C19H27N3O2. The van der Waals surface area contributed by atoms with Crippen molar-refractivity contribution in [2.45, 2.75) is 31.4 Å². The summed E-state index contributed by atoms with van der Waals surface area (Å²) in [6.07, 6.45) is 3.84. The van der Waals surface area contributed by atoms with E-state index >= 15 is 0 Å². The van der Waals surface area contributed by atoms with Gasteiger partial charge in [-0.05, 0) is 30.7 Å². The number of carbonyl (C=O) groups is 1. The van der Waals surface area contributed by atoms with E-state index in [0.717, 1.165) is 31.0 Å². The van der Waals surface area contributed by atoms with Gasteiger partial charge in [-0.1, -0.05) is 30.3 Å². The molecule has 1 aliphatic carbocycles. The molecule has 3 fully saturated rings. The minimum atomic E-state index is -0.0133.